The molecule has 1 aromatic heterocycles. The molecular formula is C15H13NO3. The first-order chi connectivity index (χ1) is 9.25. The van der Waals surface area contributed by atoms with Crippen LogP contribution in [0.3, 0.4) is 0 Å². The molecule has 0 unspecified atom stereocenters. The zero-order valence-electron chi connectivity index (χ0n) is 10.2. The van der Waals surface area contributed by atoms with Crippen molar-refractivity contribution in [3.8, 4) is 11.5 Å². The van der Waals surface area contributed by atoms with Crippen molar-refractivity contribution in [2.45, 2.75) is 6.61 Å². The highest BCUT2D eigenvalue weighted by molar-refractivity contribution is 5.90. The van der Waals surface area contributed by atoms with E-state index in [1.807, 2.05) is 12.1 Å². The van der Waals surface area contributed by atoms with Crippen LogP contribution in [0.2, 0.25) is 0 Å². The average molecular weight is 255 g/mol. The highest BCUT2D eigenvalue weighted by atomic mass is 16.5. The fraction of sp³-hybridized carbons (Fsp3) is 0.0667. The fourth-order valence-electron chi connectivity index (χ4n) is 1.98. The van der Waals surface area contributed by atoms with E-state index in [0.29, 0.717) is 23.6 Å². The molecule has 0 saturated heterocycles. The molecule has 0 atom stereocenters. The van der Waals surface area contributed by atoms with E-state index in [2.05, 4.69) is 0 Å². The van der Waals surface area contributed by atoms with Crippen LogP contribution in [0, 0.1) is 0 Å². The van der Waals surface area contributed by atoms with E-state index in [1.165, 1.54) is 0 Å². The van der Waals surface area contributed by atoms with Crippen LogP contribution in [0.25, 0.3) is 11.0 Å². The number of hydrogen-bond donors (Lipinski definition) is 2. The van der Waals surface area contributed by atoms with Crippen molar-refractivity contribution < 1.29 is 14.3 Å². The van der Waals surface area contributed by atoms with Crippen molar-refractivity contribution in [3.63, 3.8) is 0 Å². The van der Waals surface area contributed by atoms with E-state index in [4.69, 9.17) is 14.9 Å². The lowest BCUT2D eigenvalue weighted by atomic mass is 10.1. The van der Waals surface area contributed by atoms with Gasteiger partial charge >= 0.3 is 0 Å². The van der Waals surface area contributed by atoms with Crippen LogP contribution in [-0.2, 0) is 6.61 Å². The third-order valence-electron chi connectivity index (χ3n) is 2.96. The molecule has 3 N–H and O–H groups in total. The molecule has 2 aromatic carbocycles. The van der Waals surface area contributed by atoms with E-state index in [9.17, 15) is 5.11 Å². The summed E-state index contributed by atoms with van der Waals surface area (Å²) in [5.74, 6) is 0.565. The summed E-state index contributed by atoms with van der Waals surface area (Å²) in [5, 5.41) is 10.6. The summed E-state index contributed by atoms with van der Waals surface area (Å²) >= 11 is 0. The second-order valence-electron chi connectivity index (χ2n) is 4.24. The van der Waals surface area contributed by atoms with Gasteiger partial charge < -0.3 is 20.0 Å². The number of aromatic hydroxyl groups is 1. The summed E-state index contributed by atoms with van der Waals surface area (Å²) in [4.78, 5) is 0. The Balaban J connectivity index is 1.87. The van der Waals surface area contributed by atoms with Crippen LogP contribution in [0.5, 0.6) is 11.5 Å². The third kappa shape index (κ3) is 2.08. The van der Waals surface area contributed by atoms with Gasteiger partial charge in [-0.25, -0.2) is 0 Å². The van der Waals surface area contributed by atoms with Crippen LogP contribution in [0.15, 0.2) is 53.1 Å². The molecule has 0 radical (unpaired) electrons. The van der Waals surface area contributed by atoms with Gasteiger partial charge in [-0.2, -0.15) is 0 Å². The number of ether oxygens (including phenoxy) is 1. The Morgan fingerprint density at radius 1 is 1.11 bits per heavy atom. The Morgan fingerprint density at radius 3 is 2.79 bits per heavy atom. The minimum absolute atomic E-state index is 0.120. The van der Waals surface area contributed by atoms with E-state index < -0.39 is 0 Å². The monoisotopic (exact) mass is 255 g/mol. The number of nitrogen functional groups attached to an aromatic ring is 1. The number of rotatable bonds is 3. The molecule has 4 heteroatoms. The molecule has 0 aliphatic carbocycles. The van der Waals surface area contributed by atoms with Crippen LogP contribution < -0.4 is 10.5 Å². The van der Waals surface area contributed by atoms with Gasteiger partial charge in [0.25, 0.3) is 0 Å². The SMILES string of the molecule is Nc1cccc2c(COc3ccccc3O)coc12. The van der Waals surface area contributed by atoms with Crippen LogP contribution in [0.1, 0.15) is 5.56 Å². The van der Waals surface area contributed by atoms with Gasteiger partial charge in [-0.05, 0) is 18.2 Å². The molecule has 0 fully saturated rings. The maximum Gasteiger partial charge on any atom is 0.161 e. The number of phenols is 1. The number of fused-ring (bicyclic) bond motifs is 1. The molecule has 4 nitrogen and oxygen atoms in total. The molecular weight excluding hydrogens is 242 g/mol. The minimum atomic E-state index is 0.120. The lowest BCUT2D eigenvalue weighted by Crippen LogP contribution is -1.94. The topological polar surface area (TPSA) is 68.6 Å². The quantitative estimate of drug-likeness (QED) is 0.704. The first-order valence-electron chi connectivity index (χ1n) is 5.91. The molecule has 0 aliphatic rings. The Bertz CT molecular complexity index is 718. The summed E-state index contributed by atoms with van der Waals surface area (Å²) < 4.78 is 11.0. The Kier molecular flexibility index (Phi) is 2.76. The number of benzene rings is 2. The molecule has 0 spiro atoms. The zero-order valence-corrected chi connectivity index (χ0v) is 10.2. The molecule has 0 saturated carbocycles. The molecule has 96 valence electrons. The second kappa shape index (κ2) is 4.57. The van der Waals surface area contributed by atoms with Crippen molar-refractivity contribution in [2.75, 3.05) is 5.73 Å². The van der Waals surface area contributed by atoms with Gasteiger partial charge in [-0.15, -0.1) is 0 Å². The van der Waals surface area contributed by atoms with Gasteiger partial charge in [0.15, 0.2) is 17.1 Å². The number of nitrogens with two attached hydrogens (primary N) is 1. The predicted octanol–water partition coefficient (Wildman–Crippen LogP) is 3.30. The van der Waals surface area contributed by atoms with Gasteiger partial charge in [0.05, 0.1) is 12.0 Å². The highest BCUT2D eigenvalue weighted by Gasteiger charge is 2.09. The summed E-state index contributed by atoms with van der Waals surface area (Å²) in [6, 6.07) is 12.4. The zero-order chi connectivity index (χ0) is 13.2. The Hall–Kier alpha value is -2.62. The first-order valence-corrected chi connectivity index (χ1v) is 5.91. The minimum Gasteiger partial charge on any atom is -0.504 e. The maximum absolute atomic E-state index is 9.63. The standard InChI is InChI=1S/C15H13NO3/c16-12-5-3-4-11-10(9-19-15(11)12)8-18-14-7-2-1-6-13(14)17/h1-7,9,17H,8,16H2. The van der Waals surface area contributed by atoms with E-state index in [1.54, 1.807) is 36.6 Å². The average Bonchev–Trinajstić information content (AvgIpc) is 2.83. The van der Waals surface area contributed by atoms with Gasteiger partial charge in [0, 0.05) is 10.9 Å². The maximum atomic E-state index is 9.63. The number of para-hydroxylation sites is 3. The van der Waals surface area contributed by atoms with Gasteiger partial charge in [0.1, 0.15) is 6.61 Å². The second-order valence-corrected chi connectivity index (χ2v) is 4.24. The summed E-state index contributed by atoms with van der Waals surface area (Å²) in [5.41, 5.74) is 7.99. The summed E-state index contributed by atoms with van der Waals surface area (Å²) in [7, 11) is 0. The van der Waals surface area contributed by atoms with E-state index >= 15 is 0 Å². The van der Waals surface area contributed by atoms with Crippen LogP contribution in [0.4, 0.5) is 5.69 Å². The van der Waals surface area contributed by atoms with Crippen LogP contribution in [-0.4, -0.2) is 5.11 Å². The highest BCUT2D eigenvalue weighted by Crippen LogP contribution is 2.29. The third-order valence-corrected chi connectivity index (χ3v) is 2.96. The molecule has 0 bridgehead atoms. The van der Waals surface area contributed by atoms with Crippen molar-refractivity contribution in [1.29, 1.82) is 0 Å². The fourth-order valence-corrected chi connectivity index (χ4v) is 1.98. The van der Waals surface area contributed by atoms with Gasteiger partial charge in [-0.1, -0.05) is 24.3 Å². The van der Waals surface area contributed by atoms with Crippen LogP contribution >= 0.6 is 0 Å². The van der Waals surface area contributed by atoms with Crippen molar-refractivity contribution >= 4 is 16.7 Å². The van der Waals surface area contributed by atoms with Crippen molar-refractivity contribution in [1.82, 2.24) is 0 Å². The summed E-state index contributed by atoms with van der Waals surface area (Å²) in [6.45, 7) is 0.314. The Morgan fingerprint density at radius 2 is 1.95 bits per heavy atom. The van der Waals surface area contributed by atoms with Gasteiger partial charge in [-0.3, -0.25) is 0 Å². The molecule has 0 aliphatic heterocycles. The lowest BCUT2D eigenvalue weighted by Gasteiger charge is -2.06. The first kappa shape index (κ1) is 11.5. The largest absolute Gasteiger partial charge is 0.504 e. The molecule has 19 heavy (non-hydrogen) atoms. The number of anilines is 1. The number of phenolic OH excluding ortho intramolecular Hbond substituents is 1. The lowest BCUT2D eigenvalue weighted by molar-refractivity contribution is 0.289. The number of hydrogen-bond acceptors (Lipinski definition) is 4. The smallest absolute Gasteiger partial charge is 0.161 e. The molecule has 3 aromatic rings. The van der Waals surface area contributed by atoms with Gasteiger partial charge in [0.2, 0.25) is 0 Å². The Labute approximate surface area is 110 Å². The summed E-state index contributed by atoms with van der Waals surface area (Å²) in [6.07, 6.45) is 1.63. The van der Waals surface area contributed by atoms with Crippen molar-refractivity contribution in [3.05, 3.63) is 54.3 Å². The molecule has 1 heterocycles. The molecule has 3 rings (SSSR count). The van der Waals surface area contributed by atoms with E-state index in [-0.39, 0.29) is 5.75 Å². The predicted molar refractivity (Wildman–Crippen MR) is 73.1 cm³/mol. The van der Waals surface area contributed by atoms with Crippen molar-refractivity contribution in [2.24, 2.45) is 0 Å². The molecule has 0 amide bonds. The normalized spacial score (nSPS) is 10.7. The van der Waals surface area contributed by atoms with E-state index in [0.717, 1.165) is 10.9 Å². The number of furan rings is 1.